The van der Waals surface area contributed by atoms with Crippen LogP contribution in [0.15, 0.2) is 52.9 Å². The molecule has 0 spiro atoms. The van der Waals surface area contributed by atoms with E-state index in [9.17, 15) is 8.42 Å². The highest BCUT2D eigenvalue weighted by molar-refractivity contribution is 7.92. The monoisotopic (exact) mass is 436 g/mol. The summed E-state index contributed by atoms with van der Waals surface area (Å²) in [6.45, 7) is 3.10. The zero-order valence-electron chi connectivity index (χ0n) is 14.7. The minimum atomic E-state index is -3.81. The largest absolute Gasteiger partial charge is 0.378 e. The molecule has 3 heterocycles. The van der Waals surface area contributed by atoms with Crippen LogP contribution in [0.2, 0.25) is 5.15 Å². The number of halogens is 1. The average molecular weight is 437 g/mol. The van der Waals surface area contributed by atoms with E-state index in [1.807, 2.05) is 17.5 Å². The van der Waals surface area contributed by atoms with Gasteiger partial charge in [0, 0.05) is 35.9 Å². The van der Waals surface area contributed by atoms with Crippen molar-refractivity contribution in [3.8, 4) is 11.3 Å². The molecule has 146 valence electrons. The minimum absolute atomic E-state index is 0.0598. The van der Waals surface area contributed by atoms with Crippen LogP contribution in [-0.2, 0) is 14.8 Å². The van der Waals surface area contributed by atoms with Gasteiger partial charge in [0.2, 0.25) is 0 Å². The van der Waals surface area contributed by atoms with E-state index in [0.717, 1.165) is 29.5 Å². The Balaban J connectivity index is 1.50. The van der Waals surface area contributed by atoms with E-state index in [2.05, 4.69) is 14.6 Å². The summed E-state index contributed by atoms with van der Waals surface area (Å²) in [5.41, 5.74) is 2.21. The Morgan fingerprint density at radius 3 is 2.61 bits per heavy atom. The van der Waals surface area contributed by atoms with Crippen LogP contribution in [0.25, 0.3) is 11.3 Å². The fourth-order valence-corrected chi connectivity index (χ4v) is 5.19. The molecule has 4 rings (SSSR count). The van der Waals surface area contributed by atoms with Crippen LogP contribution in [0.5, 0.6) is 0 Å². The van der Waals surface area contributed by atoms with Crippen molar-refractivity contribution in [2.24, 2.45) is 0 Å². The standard InChI is InChI=1S/C18H17ClN4O3S2/c19-17-16(2-1-7-20-17)28(24,25)22-14-5-3-13(4-6-14)15-12-27-18(21-15)23-8-10-26-11-9-23/h1-7,12,22H,8-11H2. The zero-order valence-corrected chi connectivity index (χ0v) is 17.1. The molecule has 1 fully saturated rings. The van der Waals surface area contributed by atoms with Crippen LogP contribution in [0.1, 0.15) is 0 Å². The van der Waals surface area contributed by atoms with E-state index in [1.165, 1.54) is 18.3 Å². The second kappa shape index (κ2) is 8.04. The van der Waals surface area contributed by atoms with Gasteiger partial charge in [-0.25, -0.2) is 18.4 Å². The molecule has 0 bridgehead atoms. The number of hydrogen-bond acceptors (Lipinski definition) is 7. The lowest BCUT2D eigenvalue weighted by molar-refractivity contribution is 0.122. The maximum atomic E-state index is 12.5. The normalized spacial score (nSPS) is 14.8. The third-order valence-corrected chi connectivity index (χ3v) is 6.95. The van der Waals surface area contributed by atoms with Crippen molar-refractivity contribution in [1.82, 2.24) is 9.97 Å². The van der Waals surface area contributed by atoms with Crippen molar-refractivity contribution in [2.75, 3.05) is 35.9 Å². The molecule has 0 unspecified atom stereocenters. The van der Waals surface area contributed by atoms with Crippen molar-refractivity contribution in [3.63, 3.8) is 0 Å². The lowest BCUT2D eigenvalue weighted by Crippen LogP contribution is -2.36. The summed E-state index contributed by atoms with van der Waals surface area (Å²) in [6, 6.07) is 10.0. The fraction of sp³-hybridized carbons (Fsp3) is 0.222. The number of aromatic nitrogens is 2. The number of rotatable bonds is 5. The van der Waals surface area contributed by atoms with Crippen LogP contribution >= 0.6 is 22.9 Å². The highest BCUT2D eigenvalue weighted by Crippen LogP contribution is 2.29. The zero-order chi connectivity index (χ0) is 19.6. The molecule has 10 heteroatoms. The summed E-state index contributed by atoms with van der Waals surface area (Å²) >= 11 is 7.49. The van der Waals surface area contributed by atoms with E-state index < -0.39 is 10.0 Å². The second-order valence-corrected chi connectivity index (χ2v) is 8.94. The predicted octanol–water partition coefficient (Wildman–Crippen LogP) is 3.50. The number of nitrogens with zero attached hydrogens (tertiary/aromatic N) is 3. The van der Waals surface area contributed by atoms with Gasteiger partial charge < -0.3 is 9.64 Å². The molecule has 3 aromatic rings. The molecule has 0 atom stereocenters. The highest BCUT2D eigenvalue weighted by Gasteiger charge is 2.19. The number of morpholine rings is 1. The van der Waals surface area contributed by atoms with Crippen molar-refractivity contribution >= 4 is 43.8 Å². The van der Waals surface area contributed by atoms with E-state index in [-0.39, 0.29) is 10.0 Å². The number of sulfonamides is 1. The van der Waals surface area contributed by atoms with Gasteiger partial charge in [-0.1, -0.05) is 23.7 Å². The molecule has 0 radical (unpaired) electrons. The van der Waals surface area contributed by atoms with Crippen LogP contribution in [0.4, 0.5) is 10.8 Å². The Labute approximate surface area is 172 Å². The molecule has 28 heavy (non-hydrogen) atoms. The van der Waals surface area contributed by atoms with Gasteiger partial charge >= 0.3 is 0 Å². The first-order valence-corrected chi connectivity index (χ1v) is 11.3. The molecular formula is C18H17ClN4O3S2. The molecule has 2 aromatic heterocycles. The summed E-state index contributed by atoms with van der Waals surface area (Å²) in [6.07, 6.45) is 1.44. The Hall–Kier alpha value is -2.20. The van der Waals surface area contributed by atoms with Gasteiger partial charge in [0.15, 0.2) is 5.13 Å². The van der Waals surface area contributed by atoms with E-state index in [0.29, 0.717) is 18.9 Å². The molecule has 1 saturated heterocycles. The lowest BCUT2D eigenvalue weighted by Gasteiger charge is -2.26. The molecule has 1 aliphatic heterocycles. The first kappa shape index (κ1) is 19.1. The molecule has 0 saturated carbocycles. The van der Waals surface area contributed by atoms with Crippen LogP contribution < -0.4 is 9.62 Å². The maximum Gasteiger partial charge on any atom is 0.264 e. The third-order valence-electron chi connectivity index (χ3n) is 4.22. The molecular weight excluding hydrogens is 420 g/mol. The van der Waals surface area contributed by atoms with Gasteiger partial charge in [0.05, 0.1) is 18.9 Å². The number of anilines is 2. The minimum Gasteiger partial charge on any atom is -0.378 e. The smallest absolute Gasteiger partial charge is 0.264 e. The van der Waals surface area contributed by atoms with E-state index in [1.54, 1.807) is 23.5 Å². The van der Waals surface area contributed by atoms with Gasteiger partial charge in [-0.2, -0.15) is 0 Å². The fourth-order valence-electron chi connectivity index (χ4n) is 2.79. The first-order chi connectivity index (χ1) is 13.5. The number of thiazole rings is 1. The molecule has 1 aromatic carbocycles. The molecule has 0 amide bonds. The highest BCUT2D eigenvalue weighted by atomic mass is 35.5. The Bertz CT molecular complexity index is 1060. The summed E-state index contributed by atoms with van der Waals surface area (Å²) in [5.74, 6) is 0. The Morgan fingerprint density at radius 1 is 1.14 bits per heavy atom. The topological polar surface area (TPSA) is 84.4 Å². The summed E-state index contributed by atoms with van der Waals surface area (Å²) in [7, 11) is -3.81. The number of nitrogens with one attached hydrogen (secondary N) is 1. The molecule has 1 N–H and O–H groups in total. The van der Waals surface area contributed by atoms with Crippen molar-refractivity contribution in [2.45, 2.75) is 4.90 Å². The maximum absolute atomic E-state index is 12.5. The van der Waals surface area contributed by atoms with Crippen LogP contribution in [0, 0.1) is 0 Å². The lowest BCUT2D eigenvalue weighted by atomic mass is 10.1. The number of hydrogen-bond donors (Lipinski definition) is 1. The van der Waals surface area contributed by atoms with Gasteiger partial charge in [0.25, 0.3) is 10.0 Å². The van der Waals surface area contributed by atoms with Crippen molar-refractivity contribution in [3.05, 3.63) is 53.1 Å². The van der Waals surface area contributed by atoms with Crippen LogP contribution in [-0.4, -0.2) is 44.7 Å². The summed E-state index contributed by atoms with van der Waals surface area (Å²) in [4.78, 5) is 10.6. The van der Waals surface area contributed by atoms with E-state index >= 15 is 0 Å². The van der Waals surface area contributed by atoms with E-state index in [4.69, 9.17) is 21.3 Å². The average Bonchev–Trinajstić information content (AvgIpc) is 3.19. The molecule has 1 aliphatic rings. The quantitative estimate of drug-likeness (QED) is 0.616. The molecule has 7 nitrogen and oxygen atoms in total. The summed E-state index contributed by atoms with van der Waals surface area (Å²) in [5, 5.41) is 2.90. The van der Waals surface area contributed by atoms with Gasteiger partial charge in [-0.3, -0.25) is 4.72 Å². The van der Waals surface area contributed by atoms with Gasteiger partial charge in [-0.05, 0) is 24.3 Å². The van der Waals surface area contributed by atoms with Crippen LogP contribution in [0.3, 0.4) is 0 Å². The van der Waals surface area contributed by atoms with Gasteiger partial charge in [-0.15, -0.1) is 11.3 Å². The second-order valence-electron chi connectivity index (χ2n) is 6.09. The number of benzene rings is 1. The Kier molecular flexibility index (Phi) is 5.49. The summed E-state index contributed by atoms with van der Waals surface area (Å²) < 4.78 is 32.9. The number of pyridine rings is 1. The predicted molar refractivity (Wildman–Crippen MR) is 111 cm³/mol. The van der Waals surface area contributed by atoms with Gasteiger partial charge in [0.1, 0.15) is 10.0 Å². The van der Waals surface area contributed by atoms with Crippen molar-refractivity contribution in [1.29, 1.82) is 0 Å². The molecule has 0 aliphatic carbocycles. The van der Waals surface area contributed by atoms with Crippen molar-refractivity contribution < 1.29 is 13.2 Å². The Morgan fingerprint density at radius 2 is 1.89 bits per heavy atom. The first-order valence-electron chi connectivity index (χ1n) is 8.55. The SMILES string of the molecule is O=S(=O)(Nc1ccc(-c2csc(N3CCOCC3)n2)cc1)c1cccnc1Cl. The third kappa shape index (κ3) is 4.12. The number of ether oxygens (including phenoxy) is 1.